The first kappa shape index (κ1) is 15.1. The van der Waals surface area contributed by atoms with Crippen LogP contribution in [0.1, 0.15) is 6.42 Å². The highest BCUT2D eigenvalue weighted by atomic mass is 16.4. The van der Waals surface area contributed by atoms with E-state index < -0.39 is 17.8 Å². The summed E-state index contributed by atoms with van der Waals surface area (Å²) in [6.07, 6.45) is 8.21. The van der Waals surface area contributed by atoms with Gasteiger partial charge in [0.05, 0.1) is 11.8 Å². The Morgan fingerprint density at radius 3 is 2.25 bits per heavy atom. The number of amides is 1. The van der Waals surface area contributed by atoms with Crippen molar-refractivity contribution in [2.75, 3.05) is 31.1 Å². The molecule has 2 heterocycles. The lowest BCUT2D eigenvalue weighted by atomic mass is 9.82. The topological polar surface area (TPSA) is 86.6 Å². The maximum Gasteiger partial charge on any atom is 0.307 e. The van der Waals surface area contributed by atoms with Crippen LogP contribution in [0.15, 0.2) is 30.6 Å². The predicted molar refractivity (Wildman–Crippen MR) is 86.2 cm³/mol. The number of carbonyl (C=O) groups excluding carboxylic acids is 1. The highest BCUT2D eigenvalue weighted by molar-refractivity contribution is 5.87. The van der Waals surface area contributed by atoms with Crippen molar-refractivity contribution in [1.82, 2.24) is 14.9 Å². The molecule has 3 aliphatic rings. The predicted octanol–water partition coefficient (Wildman–Crippen LogP) is 0.648. The van der Waals surface area contributed by atoms with Crippen molar-refractivity contribution in [3.05, 3.63) is 30.6 Å². The van der Waals surface area contributed by atoms with Crippen molar-refractivity contribution in [2.24, 2.45) is 23.7 Å². The monoisotopic (exact) mass is 328 g/mol. The molecule has 24 heavy (non-hydrogen) atoms. The molecule has 1 saturated heterocycles. The zero-order chi connectivity index (χ0) is 16.7. The summed E-state index contributed by atoms with van der Waals surface area (Å²) in [5.74, 6) is -1.05. The Morgan fingerprint density at radius 2 is 1.62 bits per heavy atom. The summed E-state index contributed by atoms with van der Waals surface area (Å²) in [4.78, 5) is 36.9. The molecule has 1 amide bonds. The van der Waals surface area contributed by atoms with E-state index in [4.69, 9.17) is 0 Å². The Balaban J connectivity index is 1.43. The van der Waals surface area contributed by atoms with Crippen LogP contribution in [-0.2, 0) is 9.59 Å². The Morgan fingerprint density at radius 1 is 1.00 bits per heavy atom. The molecule has 4 atom stereocenters. The fraction of sp³-hybridized carbons (Fsp3) is 0.529. The number of rotatable bonds is 3. The van der Waals surface area contributed by atoms with Crippen LogP contribution in [0.3, 0.4) is 0 Å². The van der Waals surface area contributed by atoms with Crippen LogP contribution in [0, 0.1) is 23.7 Å². The van der Waals surface area contributed by atoms with Crippen molar-refractivity contribution in [3.8, 4) is 0 Å². The average Bonchev–Trinajstić information content (AvgIpc) is 3.23. The van der Waals surface area contributed by atoms with Crippen LogP contribution < -0.4 is 4.90 Å². The average molecular weight is 328 g/mol. The number of anilines is 1. The van der Waals surface area contributed by atoms with E-state index in [1.54, 1.807) is 18.5 Å². The third-order valence-corrected chi connectivity index (χ3v) is 5.46. The standard InChI is InChI=1S/C17H20N4O3/c22-15(13-11-2-3-12(10-11)14(13)16(23)24)20-6-8-21(9-7-20)17-18-4-1-5-19-17/h1-5,11-14H,6-10H2,(H,23,24)/t11-,12+,13-,14+/m0/s1. The second-order valence-electron chi connectivity index (χ2n) is 6.70. The van der Waals surface area contributed by atoms with Crippen molar-refractivity contribution >= 4 is 17.8 Å². The number of hydrogen-bond donors (Lipinski definition) is 1. The van der Waals surface area contributed by atoms with E-state index in [0.29, 0.717) is 32.1 Å². The van der Waals surface area contributed by atoms with Crippen molar-refractivity contribution in [3.63, 3.8) is 0 Å². The maximum absolute atomic E-state index is 12.9. The molecule has 1 aliphatic heterocycles. The zero-order valence-corrected chi connectivity index (χ0v) is 13.3. The number of piperazine rings is 1. The lowest BCUT2D eigenvalue weighted by molar-refractivity contribution is -0.151. The van der Waals surface area contributed by atoms with Gasteiger partial charge in [-0.2, -0.15) is 0 Å². The molecule has 2 bridgehead atoms. The van der Waals surface area contributed by atoms with Gasteiger partial charge < -0.3 is 14.9 Å². The van der Waals surface area contributed by atoms with Gasteiger partial charge >= 0.3 is 5.97 Å². The first-order valence-electron chi connectivity index (χ1n) is 8.37. The van der Waals surface area contributed by atoms with Crippen LogP contribution in [0.5, 0.6) is 0 Å². The Bertz CT molecular complexity index is 670. The molecule has 7 heteroatoms. The van der Waals surface area contributed by atoms with E-state index in [0.717, 1.165) is 6.42 Å². The molecule has 1 N–H and O–H groups in total. The fourth-order valence-electron chi connectivity index (χ4n) is 4.29. The minimum absolute atomic E-state index is 0.00659. The fourth-order valence-corrected chi connectivity index (χ4v) is 4.29. The lowest BCUT2D eigenvalue weighted by Crippen LogP contribution is -2.52. The SMILES string of the molecule is O=C(O)[C@H]1[C@@H](C(=O)N2CCN(c3ncccn3)CC2)[C@H]2C=C[C@@H]1C2. The molecule has 126 valence electrons. The Labute approximate surface area is 140 Å². The van der Waals surface area contributed by atoms with Crippen LogP contribution in [0.4, 0.5) is 5.95 Å². The third kappa shape index (κ3) is 2.44. The smallest absolute Gasteiger partial charge is 0.307 e. The molecular formula is C17H20N4O3. The number of aliphatic carboxylic acids is 1. The largest absolute Gasteiger partial charge is 0.481 e. The molecule has 2 aliphatic carbocycles. The highest BCUT2D eigenvalue weighted by Gasteiger charge is 2.52. The third-order valence-electron chi connectivity index (χ3n) is 5.46. The minimum Gasteiger partial charge on any atom is -0.481 e. The molecule has 4 rings (SSSR count). The molecule has 7 nitrogen and oxygen atoms in total. The first-order chi connectivity index (χ1) is 11.6. The molecule has 1 saturated carbocycles. The number of aromatic nitrogens is 2. The minimum atomic E-state index is -0.846. The molecule has 0 radical (unpaired) electrons. The molecule has 1 aromatic heterocycles. The number of allylic oxidation sites excluding steroid dienone is 2. The molecule has 1 aromatic rings. The van der Waals surface area contributed by atoms with Gasteiger partial charge in [0.1, 0.15) is 0 Å². The molecule has 2 fully saturated rings. The summed E-state index contributed by atoms with van der Waals surface area (Å²) in [7, 11) is 0. The number of carboxylic acid groups (broad SMARTS) is 1. The van der Waals surface area contributed by atoms with E-state index in [1.165, 1.54) is 0 Å². The van der Waals surface area contributed by atoms with Gasteiger partial charge in [0.2, 0.25) is 11.9 Å². The van der Waals surface area contributed by atoms with E-state index in [-0.39, 0.29) is 17.7 Å². The normalized spacial score (nSPS) is 31.5. The second-order valence-corrected chi connectivity index (χ2v) is 6.70. The van der Waals surface area contributed by atoms with Gasteiger partial charge in [-0.3, -0.25) is 9.59 Å². The molecule has 0 spiro atoms. The summed E-state index contributed by atoms with van der Waals surface area (Å²) >= 11 is 0. The van der Waals surface area contributed by atoms with Crippen LogP contribution in [-0.4, -0.2) is 58.0 Å². The van der Waals surface area contributed by atoms with Crippen molar-refractivity contribution in [1.29, 1.82) is 0 Å². The van der Waals surface area contributed by atoms with Crippen LogP contribution in [0.25, 0.3) is 0 Å². The first-order valence-corrected chi connectivity index (χ1v) is 8.37. The number of fused-ring (bicyclic) bond motifs is 2. The summed E-state index contributed by atoms with van der Waals surface area (Å²) in [6.45, 7) is 2.51. The summed E-state index contributed by atoms with van der Waals surface area (Å²) in [5, 5.41) is 9.51. The van der Waals surface area contributed by atoms with E-state index >= 15 is 0 Å². The van der Waals surface area contributed by atoms with Gasteiger partial charge in [0, 0.05) is 38.6 Å². The highest BCUT2D eigenvalue weighted by Crippen LogP contribution is 2.48. The number of carbonyl (C=O) groups is 2. The quantitative estimate of drug-likeness (QED) is 0.820. The Hall–Kier alpha value is -2.44. The maximum atomic E-state index is 12.9. The van der Waals surface area contributed by atoms with E-state index in [9.17, 15) is 14.7 Å². The Kier molecular flexibility index (Phi) is 3.70. The van der Waals surface area contributed by atoms with Crippen LogP contribution >= 0.6 is 0 Å². The molecule has 0 aromatic carbocycles. The second kappa shape index (κ2) is 5.89. The van der Waals surface area contributed by atoms with E-state index in [2.05, 4.69) is 14.9 Å². The number of carboxylic acids is 1. The van der Waals surface area contributed by atoms with Gasteiger partial charge in [0.15, 0.2) is 0 Å². The van der Waals surface area contributed by atoms with Gasteiger partial charge in [-0.15, -0.1) is 0 Å². The van der Waals surface area contributed by atoms with Crippen molar-refractivity contribution in [2.45, 2.75) is 6.42 Å². The van der Waals surface area contributed by atoms with Gasteiger partial charge in [0.25, 0.3) is 0 Å². The zero-order valence-electron chi connectivity index (χ0n) is 13.3. The number of nitrogens with zero attached hydrogens (tertiary/aromatic N) is 4. The van der Waals surface area contributed by atoms with E-state index in [1.807, 2.05) is 17.1 Å². The molecular weight excluding hydrogens is 308 g/mol. The molecule has 0 unspecified atom stereocenters. The summed E-state index contributed by atoms with van der Waals surface area (Å²) < 4.78 is 0. The number of hydrogen-bond acceptors (Lipinski definition) is 5. The lowest BCUT2D eigenvalue weighted by Gasteiger charge is -2.37. The summed E-state index contributed by atoms with van der Waals surface area (Å²) in [5.41, 5.74) is 0. The van der Waals surface area contributed by atoms with Crippen molar-refractivity contribution < 1.29 is 14.7 Å². The van der Waals surface area contributed by atoms with Gasteiger partial charge in [-0.25, -0.2) is 9.97 Å². The van der Waals surface area contributed by atoms with Crippen LogP contribution in [0.2, 0.25) is 0 Å². The van der Waals surface area contributed by atoms with Gasteiger partial charge in [-0.05, 0) is 24.3 Å². The summed E-state index contributed by atoms with van der Waals surface area (Å²) in [6, 6.07) is 1.78. The van der Waals surface area contributed by atoms with Gasteiger partial charge in [-0.1, -0.05) is 12.2 Å².